The van der Waals surface area contributed by atoms with Crippen molar-refractivity contribution in [3.63, 3.8) is 0 Å². The van der Waals surface area contributed by atoms with Crippen LogP contribution in [0.25, 0.3) is 0 Å². The summed E-state index contributed by atoms with van der Waals surface area (Å²) in [7, 11) is 0. The van der Waals surface area contributed by atoms with E-state index in [9.17, 15) is 14.7 Å². The van der Waals surface area contributed by atoms with E-state index < -0.39 is 17.9 Å². The maximum atomic E-state index is 11.5. The van der Waals surface area contributed by atoms with Crippen molar-refractivity contribution in [3.8, 4) is 0 Å². The largest absolute Gasteiger partial charge is 0.481 e. The summed E-state index contributed by atoms with van der Waals surface area (Å²) in [5, 5.41) is 18.1. The number of aromatic nitrogens is 3. The molecule has 0 fully saturated rings. The summed E-state index contributed by atoms with van der Waals surface area (Å²) in [6.07, 6.45) is 5.50. The minimum Gasteiger partial charge on any atom is -0.481 e. The maximum absolute atomic E-state index is 11.5. The molecule has 0 amide bonds. The highest BCUT2D eigenvalue weighted by atomic mass is 16.4. The zero-order chi connectivity index (χ0) is 16.8. The van der Waals surface area contributed by atoms with Gasteiger partial charge < -0.3 is 20.5 Å². The van der Waals surface area contributed by atoms with Gasteiger partial charge in [0, 0.05) is 25.4 Å². The van der Waals surface area contributed by atoms with E-state index in [1.807, 2.05) is 0 Å². The quantitative estimate of drug-likeness (QED) is 0.665. The van der Waals surface area contributed by atoms with E-state index in [0.717, 1.165) is 5.56 Å². The topological polar surface area (TPSA) is 131 Å². The summed E-state index contributed by atoms with van der Waals surface area (Å²) in [6.45, 7) is 0.481. The predicted molar refractivity (Wildman–Crippen MR) is 81.8 cm³/mol. The van der Waals surface area contributed by atoms with Crippen molar-refractivity contribution in [2.45, 2.75) is 31.7 Å². The molecule has 0 saturated heterocycles. The summed E-state index contributed by atoms with van der Waals surface area (Å²) < 4.78 is 1.70. The molecule has 0 aliphatic heterocycles. The number of nitrogens with two attached hydrogens (primary N) is 1. The molecule has 8 nitrogen and oxygen atoms in total. The van der Waals surface area contributed by atoms with Crippen molar-refractivity contribution in [1.82, 2.24) is 14.5 Å². The van der Waals surface area contributed by atoms with Gasteiger partial charge >= 0.3 is 11.9 Å². The van der Waals surface area contributed by atoms with Crippen LogP contribution in [0.5, 0.6) is 0 Å². The van der Waals surface area contributed by atoms with Crippen LogP contribution in [-0.2, 0) is 22.6 Å². The highest BCUT2D eigenvalue weighted by molar-refractivity contribution is 5.75. The van der Waals surface area contributed by atoms with Gasteiger partial charge in [0.05, 0.1) is 12.0 Å². The second-order valence-corrected chi connectivity index (χ2v) is 5.22. The zero-order valence-corrected chi connectivity index (χ0v) is 12.4. The third-order valence-corrected chi connectivity index (χ3v) is 3.40. The third-order valence-electron chi connectivity index (χ3n) is 3.40. The fourth-order valence-electron chi connectivity index (χ4n) is 2.20. The van der Waals surface area contributed by atoms with Crippen molar-refractivity contribution >= 4 is 17.8 Å². The number of hydrogen-bond acceptors (Lipinski definition) is 5. The van der Waals surface area contributed by atoms with Gasteiger partial charge in [-0.05, 0) is 24.5 Å². The Morgan fingerprint density at radius 3 is 2.65 bits per heavy atom. The summed E-state index contributed by atoms with van der Waals surface area (Å²) >= 11 is 0. The lowest BCUT2D eigenvalue weighted by atomic mass is 9.98. The molecule has 122 valence electrons. The predicted octanol–water partition coefficient (Wildman–Crippen LogP) is 1.14. The first-order valence-electron chi connectivity index (χ1n) is 7.12. The molecule has 2 heterocycles. The minimum absolute atomic E-state index is 0.0625. The van der Waals surface area contributed by atoms with Crippen LogP contribution in [0.3, 0.4) is 0 Å². The zero-order valence-electron chi connectivity index (χ0n) is 12.4. The van der Waals surface area contributed by atoms with Gasteiger partial charge in [0.1, 0.15) is 11.7 Å². The molecule has 0 aliphatic carbocycles. The number of nitrogens with zero attached hydrogens (tertiary/aromatic N) is 3. The third kappa shape index (κ3) is 4.80. The second kappa shape index (κ2) is 7.39. The van der Waals surface area contributed by atoms with E-state index in [2.05, 4.69) is 9.97 Å². The van der Waals surface area contributed by atoms with Gasteiger partial charge in [0.25, 0.3) is 0 Å². The maximum Gasteiger partial charge on any atom is 0.312 e. The van der Waals surface area contributed by atoms with Gasteiger partial charge in [0.15, 0.2) is 0 Å². The molecule has 0 saturated carbocycles. The number of aliphatic carboxylic acids is 2. The van der Waals surface area contributed by atoms with Crippen molar-refractivity contribution in [3.05, 3.63) is 42.1 Å². The summed E-state index contributed by atoms with van der Waals surface area (Å²) in [5.74, 6) is -2.24. The summed E-state index contributed by atoms with van der Waals surface area (Å²) in [4.78, 5) is 30.1. The molecule has 8 heteroatoms. The Morgan fingerprint density at radius 2 is 2.04 bits per heavy atom. The first-order chi connectivity index (χ1) is 11.0. The van der Waals surface area contributed by atoms with Crippen LogP contribution in [0.15, 0.2) is 30.9 Å². The SMILES string of the molecule is Nc1ccc(CC(C(=O)O)c2cn(CCCC(=O)O)cn2)cn1. The first-order valence-corrected chi connectivity index (χ1v) is 7.12. The standard InChI is InChI=1S/C15H18N4O4/c16-13-4-3-10(7-17-13)6-11(15(22)23)12-8-19(9-18-12)5-1-2-14(20)21/h3-4,7-9,11H,1-2,5-6H2,(H2,16,17)(H,20,21)(H,22,23). The van der Waals surface area contributed by atoms with Gasteiger partial charge in [-0.2, -0.15) is 0 Å². The normalized spacial score (nSPS) is 12.0. The highest BCUT2D eigenvalue weighted by Gasteiger charge is 2.23. The Bertz CT molecular complexity index is 681. The Balaban J connectivity index is 2.06. The van der Waals surface area contributed by atoms with E-state index in [1.165, 1.54) is 6.33 Å². The monoisotopic (exact) mass is 318 g/mol. The molecule has 0 radical (unpaired) electrons. The molecule has 23 heavy (non-hydrogen) atoms. The molecule has 4 N–H and O–H groups in total. The smallest absolute Gasteiger partial charge is 0.312 e. The van der Waals surface area contributed by atoms with Crippen LogP contribution in [0.2, 0.25) is 0 Å². The van der Waals surface area contributed by atoms with E-state index >= 15 is 0 Å². The number of aryl methyl sites for hydroxylation is 1. The van der Waals surface area contributed by atoms with Crippen molar-refractivity contribution in [1.29, 1.82) is 0 Å². The van der Waals surface area contributed by atoms with E-state index in [-0.39, 0.29) is 12.8 Å². The molecular formula is C15H18N4O4. The van der Waals surface area contributed by atoms with E-state index in [4.69, 9.17) is 10.8 Å². The molecule has 2 aromatic heterocycles. The van der Waals surface area contributed by atoms with Crippen LogP contribution < -0.4 is 5.73 Å². The lowest BCUT2D eigenvalue weighted by Gasteiger charge is -2.09. The number of nitrogen functional groups attached to an aromatic ring is 1. The van der Waals surface area contributed by atoms with Gasteiger partial charge in [-0.1, -0.05) is 6.07 Å². The Labute approximate surface area is 132 Å². The van der Waals surface area contributed by atoms with Crippen LogP contribution in [-0.4, -0.2) is 36.7 Å². The van der Waals surface area contributed by atoms with Crippen LogP contribution >= 0.6 is 0 Å². The number of carboxylic acid groups (broad SMARTS) is 2. The molecule has 1 atom stereocenters. The van der Waals surface area contributed by atoms with Crippen LogP contribution in [0, 0.1) is 0 Å². The van der Waals surface area contributed by atoms with Crippen molar-refractivity contribution in [2.24, 2.45) is 0 Å². The highest BCUT2D eigenvalue weighted by Crippen LogP contribution is 2.20. The van der Waals surface area contributed by atoms with E-state index in [1.54, 1.807) is 29.1 Å². The molecular weight excluding hydrogens is 300 g/mol. The fraction of sp³-hybridized carbons (Fsp3) is 0.333. The number of imidazole rings is 1. The summed E-state index contributed by atoms with van der Waals surface area (Å²) in [5.41, 5.74) is 6.71. The number of rotatable bonds is 8. The lowest BCUT2D eigenvalue weighted by Crippen LogP contribution is -2.15. The van der Waals surface area contributed by atoms with Crippen LogP contribution in [0.4, 0.5) is 5.82 Å². The second-order valence-electron chi connectivity index (χ2n) is 5.22. The number of pyridine rings is 1. The fourth-order valence-corrected chi connectivity index (χ4v) is 2.20. The number of hydrogen-bond donors (Lipinski definition) is 3. The van der Waals surface area contributed by atoms with E-state index in [0.29, 0.717) is 24.5 Å². The number of anilines is 1. The average Bonchev–Trinajstić information content (AvgIpc) is 2.94. The molecule has 2 rings (SSSR count). The molecule has 0 aromatic carbocycles. The average molecular weight is 318 g/mol. The van der Waals surface area contributed by atoms with Gasteiger partial charge in [-0.25, -0.2) is 9.97 Å². The minimum atomic E-state index is -0.974. The summed E-state index contributed by atoms with van der Waals surface area (Å²) in [6, 6.07) is 3.36. The molecule has 0 spiro atoms. The molecule has 1 unspecified atom stereocenters. The Hall–Kier alpha value is -2.90. The van der Waals surface area contributed by atoms with Gasteiger partial charge in [-0.3, -0.25) is 9.59 Å². The van der Waals surface area contributed by atoms with Gasteiger partial charge in [-0.15, -0.1) is 0 Å². The first kappa shape index (κ1) is 16.5. The number of carbonyl (C=O) groups is 2. The lowest BCUT2D eigenvalue weighted by molar-refractivity contribution is -0.139. The molecule has 0 bridgehead atoms. The Morgan fingerprint density at radius 1 is 1.26 bits per heavy atom. The number of carboxylic acids is 2. The van der Waals surface area contributed by atoms with Crippen LogP contribution in [0.1, 0.15) is 30.0 Å². The van der Waals surface area contributed by atoms with Gasteiger partial charge in [0.2, 0.25) is 0 Å². The Kier molecular flexibility index (Phi) is 5.29. The van der Waals surface area contributed by atoms with Crippen molar-refractivity contribution in [2.75, 3.05) is 5.73 Å². The molecule has 2 aromatic rings. The van der Waals surface area contributed by atoms with Crippen molar-refractivity contribution < 1.29 is 19.8 Å². The molecule has 0 aliphatic rings.